The van der Waals surface area contributed by atoms with Gasteiger partial charge in [0.1, 0.15) is 6.54 Å². The van der Waals surface area contributed by atoms with Crippen LogP contribution in [0.15, 0.2) is 24.3 Å². The van der Waals surface area contributed by atoms with Crippen LogP contribution in [0.4, 0.5) is 16.2 Å². The van der Waals surface area contributed by atoms with Gasteiger partial charge in [0.2, 0.25) is 11.8 Å². The van der Waals surface area contributed by atoms with Crippen LogP contribution in [0.3, 0.4) is 0 Å². The Morgan fingerprint density at radius 3 is 2.48 bits per heavy atom. The van der Waals surface area contributed by atoms with Gasteiger partial charge < -0.3 is 16.0 Å². The zero-order valence-corrected chi connectivity index (χ0v) is 11.3. The van der Waals surface area contributed by atoms with Crippen LogP contribution < -0.4 is 16.0 Å². The summed E-state index contributed by atoms with van der Waals surface area (Å²) < 4.78 is 0. The largest absolute Gasteiger partial charge is 0.329 e. The lowest BCUT2D eigenvalue weighted by atomic mass is 10.2. The van der Waals surface area contributed by atoms with Crippen molar-refractivity contribution < 1.29 is 19.2 Å². The van der Waals surface area contributed by atoms with Crippen molar-refractivity contribution in [3.8, 4) is 0 Å². The van der Waals surface area contributed by atoms with Gasteiger partial charge in [-0.2, -0.15) is 0 Å². The van der Waals surface area contributed by atoms with Gasteiger partial charge in [-0.3, -0.25) is 19.3 Å². The number of urea groups is 1. The molecule has 8 nitrogen and oxygen atoms in total. The van der Waals surface area contributed by atoms with E-state index in [2.05, 4.69) is 16.0 Å². The fourth-order valence-electron chi connectivity index (χ4n) is 1.84. The van der Waals surface area contributed by atoms with Crippen molar-refractivity contribution in [3.05, 3.63) is 24.3 Å². The number of benzene rings is 1. The minimum absolute atomic E-state index is 0.0931. The molecule has 21 heavy (non-hydrogen) atoms. The molecule has 0 unspecified atom stereocenters. The molecule has 5 amide bonds. The highest BCUT2D eigenvalue weighted by Gasteiger charge is 2.30. The van der Waals surface area contributed by atoms with E-state index in [0.29, 0.717) is 11.4 Å². The Morgan fingerprint density at radius 2 is 1.90 bits per heavy atom. The van der Waals surface area contributed by atoms with E-state index in [1.54, 1.807) is 24.3 Å². The lowest BCUT2D eigenvalue weighted by Gasteiger charge is -2.12. The Hall–Kier alpha value is -2.90. The highest BCUT2D eigenvalue weighted by molar-refractivity contribution is 6.06. The molecule has 2 rings (SSSR count). The monoisotopic (exact) mass is 290 g/mol. The Labute approximate surface area is 120 Å². The maximum absolute atomic E-state index is 11.8. The Bertz CT molecular complexity index is 598. The maximum Gasteiger partial charge on any atom is 0.325 e. The molecule has 1 aromatic rings. The zero-order chi connectivity index (χ0) is 15.4. The van der Waals surface area contributed by atoms with E-state index in [9.17, 15) is 19.2 Å². The number of nitrogens with zero attached hydrogens (tertiary/aromatic N) is 1. The Balaban J connectivity index is 1.98. The van der Waals surface area contributed by atoms with Crippen LogP contribution in [0.2, 0.25) is 0 Å². The summed E-state index contributed by atoms with van der Waals surface area (Å²) in [6, 6.07) is 5.96. The van der Waals surface area contributed by atoms with E-state index in [0.717, 1.165) is 4.90 Å². The summed E-state index contributed by atoms with van der Waals surface area (Å²) in [6.45, 7) is 0.933. The SMILES string of the molecule is CC(=O)Nc1cccc(NC(=O)CN2C(=O)CNC2=O)c1. The molecule has 1 saturated heterocycles. The summed E-state index contributed by atoms with van der Waals surface area (Å²) in [5.41, 5.74) is 0.994. The van der Waals surface area contributed by atoms with Crippen LogP contribution in [-0.2, 0) is 14.4 Å². The highest BCUT2D eigenvalue weighted by Crippen LogP contribution is 2.15. The summed E-state index contributed by atoms with van der Waals surface area (Å²) >= 11 is 0. The lowest BCUT2D eigenvalue weighted by Crippen LogP contribution is -2.38. The summed E-state index contributed by atoms with van der Waals surface area (Å²) in [5.74, 6) is -1.17. The molecule has 1 aliphatic heterocycles. The predicted molar refractivity (Wildman–Crippen MR) is 74.5 cm³/mol. The van der Waals surface area contributed by atoms with E-state index in [1.165, 1.54) is 6.92 Å². The van der Waals surface area contributed by atoms with E-state index in [-0.39, 0.29) is 19.0 Å². The number of imide groups is 1. The van der Waals surface area contributed by atoms with Gasteiger partial charge in [-0.05, 0) is 18.2 Å². The second-order valence-electron chi connectivity index (χ2n) is 4.45. The van der Waals surface area contributed by atoms with E-state index >= 15 is 0 Å². The molecule has 110 valence electrons. The second-order valence-corrected chi connectivity index (χ2v) is 4.45. The van der Waals surface area contributed by atoms with Gasteiger partial charge in [-0.15, -0.1) is 0 Å². The first kappa shape index (κ1) is 14.5. The summed E-state index contributed by atoms with van der Waals surface area (Å²) in [6.07, 6.45) is 0. The third-order valence-electron chi connectivity index (χ3n) is 2.71. The fraction of sp³-hybridized carbons (Fsp3) is 0.231. The van der Waals surface area contributed by atoms with Crippen molar-refractivity contribution in [2.75, 3.05) is 23.7 Å². The van der Waals surface area contributed by atoms with E-state index < -0.39 is 17.8 Å². The number of amides is 5. The number of nitrogens with one attached hydrogen (secondary N) is 3. The predicted octanol–water partition coefficient (Wildman–Crippen LogP) is 0.135. The van der Waals surface area contributed by atoms with Crippen molar-refractivity contribution in [2.24, 2.45) is 0 Å². The number of anilines is 2. The molecule has 3 N–H and O–H groups in total. The molecule has 1 fully saturated rings. The van der Waals surface area contributed by atoms with Gasteiger partial charge in [-0.1, -0.05) is 6.07 Å². The average molecular weight is 290 g/mol. The van der Waals surface area contributed by atoms with Gasteiger partial charge in [0.05, 0.1) is 6.54 Å². The number of carbonyl (C=O) groups excluding carboxylic acids is 4. The number of hydrogen-bond donors (Lipinski definition) is 3. The molecular weight excluding hydrogens is 276 g/mol. The fourth-order valence-corrected chi connectivity index (χ4v) is 1.84. The lowest BCUT2D eigenvalue weighted by molar-refractivity contribution is -0.128. The average Bonchev–Trinajstić information content (AvgIpc) is 2.70. The van der Waals surface area contributed by atoms with Crippen molar-refractivity contribution in [1.82, 2.24) is 10.2 Å². The van der Waals surface area contributed by atoms with Gasteiger partial charge in [0.15, 0.2) is 0 Å². The Morgan fingerprint density at radius 1 is 1.24 bits per heavy atom. The van der Waals surface area contributed by atoms with E-state index in [1.807, 2.05) is 0 Å². The van der Waals surface area contributed by atoms with Crippen molar-refractivity contribution in [1.29, 1.82) is 0 Å². The molecule has 1 heterocycles. The number of hydrogen-bond acceptors (Lipinski definition) is 4. The molecule has 0 saturated carbocycles. The first-order chi connectivity index (χ1) is 9.95. The van der Waals surface area contributed by atoms with E-state index in [4.69, 9.17) is 0 Å². The molecule has 0 radical (unpaired) electrons. The quantitative estimate of drug-likeness (QED) is 0.685. The molecule has 8 heteroatoms. The number of rotatable bonds is 4. The van der Waals surface area contributed by atoms with Crippen LogP contribution in [-0.4, -0.2) is 41.7 Å². The maximum atomic E-state index is 11.8. The minimum atomic E-state index is -0.581. The zero-order valence-electron chi connectivity index (χ0n) is 11.3. The van der Waals surface area contributed by atoms with Crippen LogP contribution in [0.25, 0.3) is 0 Å². The van der Waals surface area contributed by atoms with Crippen LogP contribution in [0, 0.1) is 0 Å². The van der Waals surface area contributed by atoms with Gasteiger partial charge in [0.25, 0.3) is 5.91 Å². The van der Waals surface area contributed by atoms with Crippen LogP contribution in [0.1, 0.15) is 6.92 Å². The van der Waals surface area contributed by atoms with Gasteiger partial charge in [0, 0.05) is 18.3 Å². The normalized spacial score (nSPS) is 13.9. The van der Waals surface area contributed by atoms with Gasteiger partial charge >= 0.3 is 6.03 Å². The molecule has 0 aromatic heterocycles. The third kappa shape index (κ3) is 3.78. The molecular formula is C13H14N4O4. The summed E-state index contributed by atoms with van der Waals surface area (Å²) in [7, 11) is 0. The van der Waals surface area contributed by atoms with Crippen molar-refractivity contribution >= 4 is 35.1 Å². The Kier molecular flexibility index (Phi) is 4.17. The summed E-state index contributed by atoms with van der Waals surface area (Å²) in [5, 5.41) is 7.48. The highest BCUT2D eigenvalue weighted by atomic mass is 16.2. The number of carbonyl (C=O) groups is 4. The third-order valence-corrected chi connectivity index (χ3v) is 2.71. The smallest absolute Gasteiger partial charge is 0.325 e. The first-order valence-electron chi connectivity index (χ1n) is 6.21. The molecule has 1 aliphatic rings. The molecule has 0 aliphatic carbocycles. The topological polar surface area (TPSA) is 108 Å². The first-order valence-corrected chi connectivity index (χ1v) is 6.21. The second kappa shape index (κ2) is 6.04. The summed E-state index contributed by atoms with van der Waals surface area (Å²) in [4.78, 5) is 46.3. The minimum Gasteiger partial charge on any atom is -0.329 e. The molecule has 0 atom stereocenters. The van der Waals surface area contributed by atoms with Crippen molar-refractivity contribution in [3.63, 3.8) is 0 Å². The van der Waals surface area contributed by atoms with Crippen LogP contribution in [0.5, 0.6) is 0 Å². The van der Waals surface area contributed by atoms with Gasteiger partial charge in [-0.25, -0.2) is 4.79 Å². The van der Waals surface area contributed by atoms with Crippen LogP contribution >= 0.6 is 0 Å². The molecule has 0 spiro atoms. The molecule has 0 bridgehead atoms. The standard InChI is InChI=1S/C13H14N4O4/c1-8(18)15-9-3-2-4-10(5-9)16-11(19)7-17-12(20)6-14-13(17)21/h2-5H,6-7H2,1H3,(H,14,21)(H,15,18)(H,16,19). The van der Waals surface area contributed by atoms with Crippen molar-refractivity contribution in [2.45, 2.75) is 6.92 Å². The molecule has 1 aromatic carbocycles.